The second-order valence-corrected chi connectivity index (χ2v) is 7.78. The van der Waals surface area contributed by atoms with Crippen LogP contribution in [0.3, 0.4) is 0 Å². The number of rotatable bonds is 4. The first-order valence-corrected chi connectivity index (χ1v) is 9.74. The largest absolute Gasteiger partial charge is 0.465 e. The van der Waals surface area contributed by atoms with E-state index in [1.54, 1.807) is 24.3 Å². The van der Waals surface area contributed by atoms with Crippen molar-refractivity contribution in [2.45, 2.75) is 25.7 Å². The van der Waals surface area contributed by atoms with Gasteiger partial charge in [0.15, 0.2) is 0 Å². The molecule has 2 aromatic rings. The summed E-state index contributed by atoms with van der Waals surface area (Å²) in [6.45, 7) is 0. The Bertz CT molecular complexity index is 869. The van der Waals surface area contributed by atoms with E-state index in [1.807, 2.05) is 0 Å². The number of anilines is 1. The SMILES string of the molecule is COC(=O)c1c(NC(=O)/C=C/c2c(Cl)cccc2Cl)sc2c1CCCC2. The van der Waals surface area contributed by atoms with Gasteiger partial charge in [0.1, 0.15) is 5.00 Å². The maximum absolute atomic E-state index is 12.4. The van der Waals surface area contributed by atoms with Crippen LogP contribution in [0.25, 0.3) is 6.08 Å². The van der Waals surface area contributed by atoms with Crippen molar-refractivity contribution in [3.63, 3.8) is 0 Å². The predicted octanol–water partition coefficient (Wildman–Crippen LogP) is 5.37. The number of methoxy groups -OCH3 is 1. The Morgan fingerprint density at radius 3 is 2.58 bits per heavy atom. The van der Waals surface area contributed by atoms with Gasteiger partial charge < -0.3 is 10.1 Å². The molecule has 1 N–H and O–H groups in total. The van der Waals surface area contributed by atoms with E-state index in [-0.39, 0.29) is 5.91 Å². The van der Waals surface area contributed by atoms with Gasteiger partial charge in [-0.15, -0.1) is 11.3 Å². The lowest BCUT2D eigenvalue weighted by molar-refractivity contribution is -0.111. The highest BCUT2D eigenvalue weighted by Gasteiger charge is 2.26. The molecule has 0 fully saturated rings. The van der Waals surface area contributed by atoms with Gasteiger partial charge in [0.05, 0.1) is 12.7 Å². The minimum absolute atomic E-state index is 0.357. The molecular weight excluding hydrogens is 393 g/mol. The number of thiophene rings is 1. The first kappa shape index (κ1) is 19.0. The number of fused-ring (bicyclic) bond motifs is 1. The summed E-state index contributed by atoms with van der Waals surface area (Å²) in [4.78, 5) is 25.7. The Balaban J connectivity index is 1.84. The molecule has 7 heteroatoms. The monoisotopic (exact) mass is 409 g/mol. The maximum atomic E-state index is 12.4. The summed E-state index contributed by atoms with van der Waals surface area (Å²) >= 11 is 13.6. The number of hydrogen-bond acceptors (Lipinski definition) is 4. The van der Waals surface area contributed by atoms with Gasteiger partial charge in [-0.05, 0) is 49.5 Å². The van der Waals surface area contributed by atoms with E-state index in [0.717, 1.165) is 36.1 Å². The van der Waals surface area contributed by atoms with Gasteiger partial charge in [-0.2, -0.15) is 0 Å². The first-order valence-electron chi connectivity index (χ1n) is 8.17. The molecule has 1 aliphatic carbocycles. The van der Waals surface area contributed by atoms with Gasteiger partial charge in [-0.25, -0.2) is 4.79 Å². The fourth-order valence-electron chi connectivity index (χ4n) is 2.95. The number of halogens is 2. The van der Waals surface area contributed by atoms with Crippen molar-refractivity contribution in [1.29, 1.82) is 0 Å². The lowest BCUT2D eigenvalue weighted by Gasteiger charge is -2.11. The zero-order valence-electron chi connectivity index (χ0n) is 14.1. The summed E-state index contributed by atoms with van der Waals surface area (Å²) in [5.41, 5.74) is 2.05. The van der Waals surface area contributed by atoms with Crippen molar-refractivity contribution in [2.75, 3.05) is 12.4 Å². The van der Waals surface area contributed by atoms with Crippen molar-refractivity contribution in [3.8, 4) is 0 Å². The Morgan fingerprint density at radius 2 is 1.88 bits per heavy atom. The van der Waals surface area contributed by atoms with Crippen LogP contribution in [0.2, 0.25) is 10.0 Å². The predicted molar refractivity (Wildman–Crippen MR) is 106 cm³/mol. The third-order valence-corrected chi connectivity index (χ3v) is 6.07. The van der Waals surface area contributed by atoms with Crippen LogP contribution < -0.4 is 5.32 Å². The molecule has 1 amide bonds. The number of ether oxygens (including phenoxy) is 1. The fraction of sp³-hybridized carbons (Fsp3) is 0.263. The fourth-order valence-corrected chi connectivity index (χ4v) is 4.76. The van der Waals surface area contributed by atoms with Crippen molar-refractivity contribution >= 4 is 57.5 Å². The molecule has 0 saturated heterocycles. The van der Waals surface area contributed by atoms with E-state index in [0.29, 0.717) is 26.2 Å². The molecule has 0 radical (unpaired) electrons. The smallest absolute Gasteiger partial charge is 0.341 e. The third kappa shape index (κ3) is 3.95. The van der Waals surface area contributed by atoms with E-state index in [9.17, 15) is 9.59 Å². The zero-order valence-corrected chi connectivity index (χ0v) is 16.4. The number of hydrogen-bond donors (Lipinski definition) is 1. The molecule has 1 aromatic carbocycles. The van der Waals surface area contributed by atoms with E-state index < -0.39 is 5.97 Å². The van der Waals surface area contributed by atoms with Crippen LogP contribution in [0.1, 0.15) is 39.2 Å². The van der Waals surface area contributed by atoms with Gasteiger partial charge in [0, 0.05) is 26.6 Å². The molecule has 3 rings (SSSR count). The van der Waals surface area contributed by atoms with Crippen LogP contribution in [0.15, 0.2) is 24.3 Å². The maximum Gasteiger partial charge on any atom is 0.341 e. The Morgan fingerprint density at radius 1 is 1.19 bits per heavy atom. The van der Waals surface area contributed by atoms with E-state index in [4.69, 9.17) is 27.9 Å². The van der Waals surface area contributed by atoms with Crippen molar-refractivity contribution < 1.29 is 14.3 Å². The second-order valence-electron chi connectivity index (χ2n) is 5.86. The number of carbonyl (C=O) groups is 2. The quantitative estimate of drug-likeness (QED) is 0.545. The second kappa shape index (κ2) is 8.25. The van der Waals surface area contributed by atoms with Gasteiger partial charge in [0.25, 0.3) is 0 Å². The molecule has 1 aromatic heterocycles. The number of benzene rings is 1. The van der Waals surface area contributed by atoms with Gasteiger partial charge in [-0.3, -0.25) is 4.79 Å². The summed E-state index contributed by atoms with van der Waals surface area (Å²) < 4.78 is 4.91. The highest BCUT2D eigenvalue weighted by atomic mass is 35.5. The Kier molecular flexibility index (Phi) is 6.01. The minimum Gasteiger partial charge on any atom is -0.465 e. The van der Waals surface area contributed by atoms with Crippen LogP contribution in [0, 0.1) is 0 Å². The highest BCUT2D eigenvalue weighted by Crippen LogP contribution is 2.38. The Labute approximate surface area is 165 Å². The van der Waals surface area contributed by atoms with Gasteiger partial charge in [0.2, 0.25) is 5.91 Å². The lowest BCUT2D eigenvalue weighted by Crippen LogP contribution is -2.13. The van der Waals surface area contributed by atoms with Gasteiger partial charge in [-0.1, -0.05) is 29.3 Å². The Hall–Kier alpha value is -1.82. The topological polar surface area (TPSA) is 55.4 Å². The van der Waals surface area contributed by atoms with Gasteiger partial charge >= 0.3 is 5.97 Å². The molecule has 26 heavy (non-hydrogen) atoms. The number of nitrogens with one attached hydrogen (secondary N) is 1. The normalized spacial score (nSPS) is 13.5. The molecule has 0 unspecified atom stereocenters. The molecule has 0 bridgehead atoms. The molecule has 0 atom stereocenters. The lowest BCUT2D eigenvalue weighted by atomic mass is 9.95. The highest BCUT2D eigenvalue weighted by molar-refractivity contribution is 7.17. The first-order chi connectivity index (χ1) is 12.5. The molecule has 1 heterocycles. The summed E-state index contributed by atoms with van der Waals surface area (Å²) in [5.74, 6) is -0.775. The molecule has 1 aliphatic rings. The molecule has 0 aliphatic heterocycles. The van der Waals surface area contributed by atoms with E-state index in [2.05, 4.69) is 5.32 Å². The van der Waals surface area contributed by atoms with Crippen LogP contribution in [-0.2, 0) is 22.4 Å². The molecular formula is C19H17Cl2NO3S. The summed E-state index contributed by atoms with van der Waals surface area (Å²) in [6, 6.07) is 5.14. The molecule has 136 valence electrons. The molecule has 0 saturated carbocycles. The number of carbonyl (C=O) groups excluding carboxylic acids is 2. The van der Waals surface area contributed by atoms with Crippen molar-refractivity contribution in [1.82, 2.24) is 0 Å². The summed E-state index contributed by atoms with van der Waals surface area (Å²) in [7, 11) is 1.35. The summed E-state index contributed by atoms with van der Waals surface area (Å²) in [6.07, 6.45) is 6.79. The third-order valence-electron chi connectivity index (χ3n) is 4.20. The number of amides is 1. The standard InChI is InChI=1S/C19H17Cl2NO3S/c1-25-19(24)17-12-5-2-3-8-15(12)26-18(17)22-16(23)10-9-11-13(20)6-4-7-14(11)21/h4,6-7,9-10H,2-3,5,8H2,1H3,(H,22,23)/b10-9+. The van der Waals surface area contributed by atoms with Crippen LogP contribution >= 0.6 is 34.5 Å². The van der Waals surface area contributed by atoms with Crippen molar-refractivity contribution in [3.05, 3.63) is 55.9 Å². The van der Waals surface area contributed by atoms with Crippen LogP contribution in [-0.4, -0.2) is 19.0 Å². The minimum atomic E-state index is -0.419. The zero-order chi connectivity index (χ0) is 18.7. The van der Waals surface area contributed by atoms with Crippen LogP contribution in [0.5, 0.6) is 0 Å². The number of esters is 1. The summed E-state index contributed by atoms with van der Waals surface area (Å²) in [5, 5.41) is 4.25. The van der Waals surface area contributed by atoms with Crippen LogP contribution in [0.4, 0.5) is 5.00 Å². The average Bonchev–Trinajstić information content (AvgIpc) is 2.98. The molecule has 0 spiro atoms. The van der Waals surface area contributed by atoms with E-state index >= 15 is 0 Å². The molecule has 4 nitrogen and oxygen atoms in total. The van der Waals surface area contributed by atoms with Crippen molar-refractivity contribution in [2.24, 2.45) is 0 Å². The number of aryl methyl sites for hydroxylation is 1. The van der Waals surface area contributed by atoms with E-state index in [1.165, 1.54) is 24.5 Å². The average molecular weight is 410 g/mol.